The van der Waals surface area contributed by atoms with Gasteiger partial charge in [0.05, 0.1) is 5.69 Å². The van der Waals surface area contributed by atoms with Crippen LogP contribution in [0.25, 0.3) is 0 Å². The predicted octanol–water partition coefficient (Wildman–Crippen LogP) is 1.76. The van der Waals surface area contributed by atoms with Crippen molar-refractivity contribution >= 4 is 5.97 Å². The quantitative estimate of drug-likeness (QED) is 0.821. The number of carbonyl (C=O) groups is 1. The Hall–Kier alpha value is -1.36. The Labute approximate surface area is 102 Å². The van der Waals surface area contributed by atoms with Crippen LogP contribution in [0.3, 0.4) is 0 Å². The first kappa shape index (κ1) is 13.7. The summed E-state index contributed by atoms with van der Waals surface area (Å²) in [7, 11) is 1.82. The molecule has 0 aliphatic heterocycles. The maximum absolute atomic E-state index is 11.0. The number of hydrogen-bond acceptors (Lipinski definition) is 3. The zero-order valence-corrected chi connectivity index (χ0v) is 10.9. The Kier molecular flexibility index (Phi) is 4.69. The van der Waals surface area contributed by atoms with Crippen LogP contribution in [0.2, 0.25) is 0 Å². The van der Waals surface area contributed by atoms with Gasteiger partial charge in [0.25, 0.3) is 0 Å². The number of hydrogen-bond donors (Lipinski definition) is 1. The average Bonchev–Trinajstić information content (AvgIpc) is 2.66. The van der Waals surface area contributed by atoms with Crippen molar-refractivity contribution in [3.05, 3.63) is 18.0 Å². The fraction of sp³-hybridized carbons (Fsp3) is 0.667. The average molecular weight is 239 g/mol. The molecule has 0 radical (unpaired) electrons. The van der Waals surface area contributed by atoms with Gasteiger partial charge in [-0.1, -0.05) is 6.92 Å². The Morgan fingerprint density at radius 2 is 2.24 bits per heavy atom. The second-order valence-electron chi connectivity index (χ2n) is 4.56. The van der Waals surface area contributed by atoms with Gasteiger partial charge in [-0.2, -0.15) is 5.10 Å². The number of likely N-dealkylation sites (N-methyl/N-ethyl adjacent to an activating group) is 1. The standard InChI is InChI=1S/C12H21N3O2/c1-5-11(12(16)17)14(4)8-10-6-7-15(13-10)9(2)3/h6-7,9,11H,5,8H2,1-4H3,(H,16,17). The molecule has 96 valence electrons. The van der Waals surface area contributed by atoms with Crippen molar-refractivity contribution in [1.29, 1.82) is 0 Å². The molecule has 1 aromatic heterocycles. The van der Waals surface area contributed by atoms with Gasteiger partial charge in [-0.15, -0.1) is 0 Å². The van der Waals surface area contributed by atoms with Crippen molar-refractivity contribution in [2.24, 2.45) is 0 Å². The van der Waals surface area contributed by atoms with Gasteiger partial charge in [0.2, 0.25) is 0 Å². The third kappa shape index (κ3) is 3.56. The number of rotatable bonds is 6. The largest absolute Gasteiger partial charge is 0.480 e. The van der Waals surface area contributed by atoms with E-state index in [1.165, 1.54) is 0 Å². The molecule has 1 atom stereocenters. The monoisotopic (exact) mass is 239 g/mol. The van der Waals surface area contributed by atoms with Crippen LogP contribution in [0.4, 0.5) is 0 Å². The molecule has 5 heteroatoms. The van der Waals surface area contributed by atoms with E-state index in [9.17, 15) is 4.79 Å². The van der Waals surface area contributed by atoms with Crippen molar-refractivity contribution in [3.8, 4) is 0 Å². The summed E-state index contributed by atoms with van der Waals surface area (Å²) in [5, 5.41) is 13.5. The Morgan fingerprint density at radius 1 is 1.59 bits per heavy atom. The zero-order chi connectivity index (χ0) is 13.0. The van der Waals surface area contributed by atoms with Crippen LogP contribution < -0.4 is 0 Å². The summed E-state index contributed by atoms with van der Waals surface area (Å²) >= 11 is 0. The van der Waals surface area contributed by atoms with Gasteiger partial charge in [-0.05, 0) is 33.4 Å². The highest BCUT2D eigenvalue weighted by molar-refractivity contribution is 5.73. The molecule has 1 rings (SSSR count). The summed E-state index contributed by atoms with van der Waals surface area (Å²) < 4.78 is 1.88. The molecule has 0 fully saturated rings. The molecule has 0 saturated heterocycles. The summed E-state index contributed by atoms with van der Waals surface area (Å²) in [5.41, 5.74) is 0.904. The lowest BCUT2D eigenvalue weighted by atomic mass is 10.2. The van der Waals surface area contributed by atoms with Crippen LogP contribution in [0.5, 0.6) is 0 Å². The topological polar surface area (TPSA) is 58.4 Å². The fourth-order valence-electron chi connectivity index (χ4n) is 1.79. The highest BCUT2D eigenvalue weighted by atomic mass is 16.4. The summed E-state index contributed by atoms with van der Waals surface area (Å²) in [6, 6.07) is 1.82. The normalized spacial score (nSPS) is 13.3. The van der Waals surface area contributed by atoms with Gasteiger partial charge < -0.3 is 5.11 Å². The van der Waals surface area contributed by atoms with Gasteiger partial charge in [0.15, 0.2) is 0 Å². The van der Waals surface area contributed by atoms with Gasteiger partial charge in [-0.3, -0.25) is 14.4 Å². The molecule has 0 amide bonds. The first-order valence-corrected chi connectivity index (χ1v) is 5.92. The summed E-state index contributed by atoms with van der Waals surface area (Å²) in [5.74, 6) is -0.779. The molecule has 0 saturated carbocycles. The summed E-state index contributed by atoms with van der Waals surface area (Å²) in [6.45, 7) is 6.56. The first-order chi connectivity index (χ1) is 7.95. The van der Waals surface area contributed by atoms with Crippen molar-refractivity contribution in [1.82, 2.24) is 14.7 Å². The van der Waals surface area contributed by atoms with Crippen LogP contribution in [0.1, 0.15) is 38.9 Å². The minimum atomic E-state index is -0.779. The zero-order valence-electron chi connectivity index (χ0n) is 10.9. The maximum Gasteiger partial charge on any atom is 0.320 e. The van der Waals surface area contributed by atoms with E-state index in [2.05, 4.69) is 18.9 Å². The van der Waals surface area contributed by atoms with E-state index in [0.717, 1.165) is 5.69 Å². The lowest BCUT2D eigenvalue weighted by Crippen LogP contribution is -2.37. The van der Waals surface area contributed by atoms with Gasteiger partial charge in [0.1, 0.15) is 6.04 Å². The van der Waals surface area contributed by atoms with Crippen LogP contribution in [-0.2, 0) is 11.3 Å². The van der Waals surface area contributed by atoms with Crippen LogP contribution in [0, 0.1) is 0 Å². The molecule has 1 unspecified atom stereocenters. The second-order valence-corrected chi connectivity index (χ2v) is 4.56. The molecule has 0 aromatic carbocycles. The van der Waals surface area contributed by atoms with Crippen molar-refractivity contribution in [3.63, 3.8) is 0 Å². The van der Waals surface area contributed by atoms with Crippen LogP contribution in [0.15, 0.2) is 12.3 Å². The molecular weight excluding hydrogens is 218 g/mol. The van der Waals surface area contributed by atoms with E-state index in [-0.39, 0.29) is 0 Å². The number of aromatic nitrogens is 2. The Balaban J connectivity index is 2.66. The molecule has 1 heterocycles. The Morgan fingerprint density at radius 3 is 2.65 bits per heavy atom. The Bertz CT molecular complexity index is 374. The van der Waals surface area contributed by atoms with Gasteiger partial charge in [0, 0.05) is 18.8 Å². The van der Waals surface area contributed by atoms with Crippen LogP contribution in [-0.4, -0.2) is 38.8 Å². The SMILES string of the molecule is CCC(C(=O)O)N(C)Cc1ccn(C(C)C)n1. The number of nitrogens with zero attached hydrogens (tertiary/aromatic N) is 3. The number of carboxylic acid groups (broad SMARTS) is 1. The smallest absolute Gasteiger partial charge is 0.320 e. The molecule has 0 bridgehead atoms. The molecule has 0 aliphatic carbocycles. The first-order valence-electron chi connectivity index (χ1n) is 5.92. The van der Waals surface area contributed by atoms with E-state index in [0.29, 0.717) is 19.0 Å². The van der Waals surface area contributed by atoms with Gasteiger partial charge in [-0.25, -0.2) is 0 Å². The minimum Gasteiger partial charge on any atom is -0.480 e. The second kappa shape index (κ2) is 5.82. The molecule has 0 spiro atoms. The summed E-state index contributed by atoms with van der Waals surface area (Å²) in [6.07, 6.45) is 2.52. The molecule has 17 heavy (non-hydrogen) atoms. The molecule has 1 N–H and O–H groups in total. The molecule has 1 aromatic rings. The molecule has 0 aliphatic rings. The van der Waals surface area contributed by atoms with Crippen molar-refractivity contribution < 1.29 is 9.90 Å². The van der Waals surface area contributed by atoms with E-state index in [1.807, 2.05) is 35.8 Å². The van der Waals surface area contributed by atoms with Crippen LogP contribution >= 0.6 is 0 Å². The molecule has 5 nitrogen and oxygen atoms in total. The minimum absolute atomic E-state index is 0.329. The van der Waals surface area contributed by atoms with E-state index >= 15 is 0 Å². The predicted molar refractivity (Wildman–Crippen MR) is 65.8 cm³/mol. The number of carboxylic acids is 1. The number of aliphatic carboxylic acids is 1. The highest BCUT2D eigenvalue weighted by Gasteiger charge is 2.20. The lowest BCUT2D eigenvalue weighted by Gasteiger charge is -2.22. The van der Waals surface area contributed by atoms with Gasteiger partial charge >= 0.3 is 5.97 Å². The van der Waals surface area contributed by atoms with E-state index < -0.39 is 12.0 Å². The third-order valence-electron chi connectivity index (χ3n) is 2.81. The van der Waals surface area contributed by atoms with E-state index in [4.69, 9.17) is 5.11 Å². The van der Waals surface area contributed by atoms with Crippen molar-refractivity contribution in [2.75, 3.05) is 7.05 Å². The highest BCUT2D eigenvalue weighted by Crippen LogP contribution is 2.09. The maximum atomic E-state index is 11.0. The summed E-state index contributed by atoms with van der Waals surface area (Å²) in [4.78, 5) is 12.8. The lowest BCUT2D eigenvalue weighted by molar-refractivity contribution is -0.143. The molecular formula is C12H21N3O2. The van der Waals surface area contributed by atoms with Crippen molar-refractivity contribution in [2.45, 2.75) is 45.8 Å². The fourth-order valence-corrected chi connectivity index (χ4v) is 1.79. The van der Waals surface area contributed by atoms with E-state index in [1.54, 1.807) is 0 Å². The third-order valence-corrected chi connectivity index (χ3v) is 2.81.